The molecule has 0 aliphatic heterocycles. The highest BCUT2D eigenvalue weighted by molar-refractivity contribution is 7.85. The van der Waals surface area contributed by atoms with Crippen molar-refractivity contribution in [3.63, 3.8) is 0 Å². The zero-order valence-electron chi connectivity index (χ0n) is 20.3. The van der Waals surface area contributed by atoms with Gasteiger partial charge in [0.2, 0.25) is 0 Å². The molecular formula is C24H43O6PS. The van der Waals surface area contributed by atoms with Gasteiger partial charge in [-0.25, -0.2) is 13.2 Å². The number of aliphatic carboxylic acids is 1. The van der Waals surface area contributed by atoms with Crippen LogP contribution in [0.25, 0.3) is 0 Å². The van der Waals surface area contributed by atoms with Gasteiger partial charge in [-0.15, -0.1) is 0 Å². The first kappa shape index (κ1) is 30.8. The van der Waals surface area contributed by atoms with Crippen molar-refractivity contribution < 1.29 is 27.6 Å². The summed E-state index contributed by atoms with van der Waals surface area (Å²) < 4.78 is 36.5. The lowest BCUT2D eigenvalue weighted by atomic mass is 10.3. The first-order valence-electron chi connectivity index (χ1n) is 11.9. The normalized spacial score (nSPS) is 11.5. The largest absolute Gasteiger partial charge is 0.744 e. The van der Waals surface area contributed by atoms with Crippen LogP contribution in [0.5, 0.6) is 5.75 Å². The van der Waals surface area contributed by atoms with Crippen molar-refractivity contribution in [2.75, 3.05) is 31.3 Å². The van der Waals surface area contributed by atoms with Crippen LogP contribution in [0.4, 0.5) is 0 Å². The number of rotatable bonds is 16. The van der Waals surface area contributed by atoms with Crippen LogP contribution < -0.4 is 4.74 Å². The molecule has 0 aromatic heterocycles. The molecule has 6 nitrogen and oxygen atoms in total. The minimum Gasteiger partial charge on any atom is -0.744 e. The predicted octanol–water partition coefficient (Wildman–Crippen LogP) is 6.26. The Bertz CT molecular complexity index is 698. The molecule has 0 saturated carbocycles. The molecule has 0 atom stereocenters. The van der Waals surface area contributed by atoms with Gasteiger partial charge in [-0.3, -0.25) is 0 Å². The van der Waals surface area contributed by atoms with Gasteiger partial charge in [-0.1, -0.05) is 59.4 Å². The zero-order valence-corrected chi connectivity index (χ0v) is 22.1. The summed E-state index contributed by atoms with van der Waals surface area (Å²) in [5.74, 6) is -1.17. The molecule has 1 rings (SSSR count). The van der Waals surface area contributed by atoms with Crippen LogP contribution in [0.2, 0.25) is 0 Å². The molecule has 0 radical (unpaired) electrons. The third-order valence-corrected chi connectivity index (χ3v) is 11.3. The average molecular weight is 491 g/mol. The second kappa shape index (κ2) is 17.3. The molecule has 0 fully saturated rings. The predicted molar refractivity (Wildman–Crippen MR) is 134 cm³/mol. The maximum absolute atomic E-state index is 10.6. The van der Waals surface area contributed by atoms with Crippen molar-refractivity contribution in [3.05, 3.63) is 24.3 Å². The second-order valence-corrected chi connectivity index (χ2v) is 14.1. The molecule has 1 N–H and O–H groups in total. The van der Waals surface area contributed by atoms with Gasteiger partial charge in [-0.2, -0.15) is 0 Å². The summed E-state index contributed by atoms with van der Waals surface area (Å²) in [6.07, 6.45) is 17.9. The maximum atomic E-state index is 10.6. The number of carboxylic acids is 1. The van der Waals surface area contributed by atoms with Gasteiger partial charge < -0.3 is 14.4 Å². The topological polar surface area (TPSA) is 104 Å². The molecule has 32 heavy (non-hydrogen) atoms. The van der Waals surface area contributed by atoms with E-state index in [0.717, 1.165) is 12.1 Å². The van der Waals surface area contributed by atoms with Gasteiger partial charge in [0.1, 0.15) is 15.9 Å². The number of unbranched alkanes of at least 4 members (excludes halogenated alkanes) is 4. The summed E-state index contributed by atoms with van der Waals surface area (Å²) >= 11 is 0. The molecular weight excluding hydrogens is 447 g/mol. The summed E-state index contributed by atoms with van der Waals surface area (Å²) in [6.45, 7) is 8.83. The van der Waals surface area contributed by atoms with Crippen LogP contribution in [0.3, 0.4) is 0 Å². The van der Waals surface area contributed by atoms with Crippen molar-refractivity contribution in [1.82, 2.24) is 0 Å². The Hall–Kier alpha value is -1.17. The molecule has 0 aliphatic rings. The Morgan fingerprint density at radius 1 is 0.906 bits per heavy atom. The van der Waals surface area contributed by atoms with E-state index in [2.05, 4.69) is 27.7 Å². The molecule has 0 bridgehead atoms. The van der Waals surface area contributed by atoms with E-state index in [-0.39, 0.29) is 5.75 Å². The monoisotopic (exact) mass is 490 g/mol. The molecule has 0 saturated heterocycles. The Balaban J connectivity index is 0.000000604. The van der Waals surface area contributed by atoms with Crippen molar-refractivity contribution in [3.8, 4) is 5.75 Å². The lowest BCUT2D eigenvalue weighted by Crippen LogP contribution is -2.12. The summed E-state index contributed by atoms with van der Waals surface area (Å²) in [5, 5.41) is 8.30. The first-order chi connectivity index (χ1) is 15.1. The van der Waals surface area contributed by atoms with E-state index < -0.39 is 34.9 Å². The van der Waals surface area contributed by atoms with Gasteiger partial charge in [0.05, 0.1) is 29.5 Å². The summed E-state index contributed by atoms with van der Waals surface area (Å²) in [5.41, 5.74) is 0. The fraction of sp³-hybridized carbons (Fsp3) is 0.708. The quantitative estimate of drug-likeness (QED) is 0.217. The minimum absolute atomic E-state index is 0.0225. The van der Waals surface area contributed by atoms with Crippen LogP contribution >= 0.6 is 7.26 Å². The second-order valence-electron chi connectivity index (χ2n) is 8.26. The highest BCUT2D eigenvalue weighted by Crippen LogP contribution is 2.61. The number of carbonyl (C=O) groups is 1. The van der Waals surface area contributed by atoms with Gasteiger partial charge in [0.25, 0.3) is 0 Å². The first-order valence-corrected chi connectivity index (χ1v) is 15.8. The molecule has 0 heterocycles. The molecule has 0 unspecified atom stereocenters. The van der Waals surface area contributed by atoms with Crippen molar-refractivity contribution >= 4 is 23.3 Å². The summed E-state index contributed by atoms with van der Waals surface area (Å²) in [7, 11) is -5.10. The van der Waals surface area contributed by atoms with Crippen molar-refractivity contribution in [2.45, 2.75) is 84.0 Å². The number of carboxylic acid groups (broad SMARTS) is 1. The van der Waals surface area contributed by atoms with Crippen molar-refractivity contribution in [2.24, 2.45) is 0 Å². The fourth-order valence-corrected chi connectivity index (χ4v) is 9.31. The van der Waals surface area contributed by atoms with E-state index in [0.29, 0.717) is 0 Å². The lowest BCUT2D eigenvalue weighted by Gasteiger charge is -2.28. The highest BCUT2D eigenvalue weighted by Gasteiger charge is 2.34. The van der Waals surface area contributed by atoms with Crippen molar-refractivity contribution in [1.29, 1.82) is 0 Å². The summed E-state index contributed by atoms with van der Waals surface area (Å²) in [4.78, 5) is 9.70. The third-order valence-electron chi connectivity index (χ3n) is 5.40. The molecule has 1 aromatic rings. The SMILES string of the molecule is CCCC[P+](CCCC)(CCCC)CCCC.O=C(O)COc1cccc(S(=O)(=O)[O-])c1. The van der Waals surface area contributed by atoms with Crippen LogP contribution in [0, 0.1) is 0 Å². The van der Waals surface area contributed by atoms with Gasteiger partial charge >= 0.3 is 5.97 Å². The molecule has 0 spiro atoms. The Morgan fingerprint density at radius 2 is 1.34 bits per heavy atom. The lowest BCUT2D eigenvalue weighted by molar-refractivity contribution is -0.139. The number of hydrogen-bond acceptors (Lipinski definition) is 5. The van der Waals surface area contributed by atoms with E-state index in [1.807, 2.05) is 0 Å². The third kappa shape index (κ3) is 14.1. The zero-order chi connectivity index (χ0) is 24.5. The van der Waals surface area contributed by atoms with Gasteiger partial charge in [0, 0.05) is 7.26 Å². The van der Waals surface area contributed by atoms with E-state index in [1.165, 1.54) is 63.5 Å². The van der Waals surface area contributed by atoms with Crippen LogP contribution in [-0.4, -0.2) is 55.3 Å². The Labute approximate surface area is 196 Å². The van der Waals surface area contributed by atoms with E-state index in [9.17, 15) is 17.8 Å². The summed E-state index contributed by atoms with van der Waals surface area (Å²) in [6, 6.07) is 4.74. The standard InChI is InChI=1S/C16H36P.C8H8O6S/c1-5-9-13-17(14-10-6-2,15-11-7-3)16-12-8-4;9-8(10)5-14-6-2-1-3-7(4-6)15(11,12)13/h5-16H2,1-4H3;1-4H,5H2,(H,9,10)(H,11,12,13)/q+1;/p-1. The van der Waals surface area contributed by atoms with E-state index in [4.69, 9.17) is 9.84 Å². The van der Waals surface area contributed by atoms with Gasteiger partial charge in [-0.05, 0) is 43.9 Å². The van der Waals surface area contributed by atoms with Crippen LogP contribution in [0.15, 0.2) is 29.2 Å². The van der Waals surface area contributed by atoms with E-state index >= 15 is 0 Å². The fourth-order valence-electron chi connectivity index (χ4n) is 3.51. The minimum atomic E-state index is -4.54. The number of benzene rings is 1. The molecule has 1 aromatic carbocycles. The number of ether oxygens (including phenoxy) is 1. The molecule has 0 aliphatic carbocycles. The number of hydrogen-bond donors (Lipinski definition) is 1. The van der Waals surface area contributed by atoms with Crippen LogP contribution in [-0.2, 0) is 14.9 Å². The molecule has 8 heteroatoms. The Kier molecular flexibility index (Phi) is 16.7. The molecule has 186 valence electrons. The van der Waals surface area contributed by atoms with Crippen LogP contribution in [0.1, 0.15) is 79.1 Å². The Morgan fingerprint density at radius 3 is 1.69 bits per heavy atom. The van der Waals surface area contributed by atoms with E-state index in [1.54, 1.807) is 24.6 Å². The average Bonchev–Trinajstić information content (AvgIpc) is 2.77. The maximum Gasteiger partial charge on any atom is 0.341 e. The smallest absolute Gasteiger partial charge is 0.341 e. The highest BCUT2D eigenvalue weighted by atomic mass is 32.2. The van der Waals surface area contributed by atoms with Gasteiger partial charge in [0.15, 0.2) is 6.61 Å². The molecule has 0 amide bonds.